The molecule has 0 aromatic heterocycles. The molecule has 70 valence electrons. The standard InChI is InChI=1S/C8H15NO2S/c10-8(3-6-12)11-7-1-4-9-5-2-7/h7,9,12H,1-6H2. The fraction of sp³-hybridized carbons (Fsp3) is 0.875. The van der Waals surface area contributed by atoms with Crippen LogP contribution < -0.4 is 5.32 Å². The summed E-state index contributed by atoms with van der Waals surface area (Å²) in [6.07, 6.45) is 2.45. The van der Waals surface area contributed by atoms with Crippen molar-refractivity contribution in [2.45, 2.75) is 25.4 Å². The highest BCUT2D eigenvalue weighted by molar-refractivity contribution is 7.80. The molecular formula is C8H15NO2S. The average Bonchev–Trinajstić information content (AvgIpc) is 2.06. The highest BCUT2D eigenvalue weighted by Crippen LogP contribution is 2.08. The smallest absolute Gasteiger partial charge is 0.306 e. The minimum Gasteiger partial charge on any atom is -0.462 e. The molecule has 0 spiro atoms. The summed E-state index contributed by atoms with van der Waals surface area (Å²) in [7, 11) is 0. The van der Waals surface area contributed by atoms with Crippen LogP contribution in [0.5, 0.6) is 0 Å². The van der Waals surface area contributed by atoms with Crippen LogP contribution in [0.4, 0.5) is 0 Å². The van der Waals surface area contributed by atoms with Crippen LogP contribution in [-0.2, 0) is 9.53 Å². The summed E-state index contributed by atoms with van der Waals surface area (Å²) >= 11 is 3.96. The second-order valence-electron chi connectivity index (χ2n) is 2.91. The number of rotatable bonds is 3. The van der Waals surface area contributed by atoms with E-state index in [0.29, 0.717) is 12.2 Å². The van der Waals surface area contributed by atoms with Gasteiger partial charge < -0.3 is 10.1 Å². The van der Waals surface area contributed by atoms with Gasteiger partial charge in [0.15, 0.2) is 0 Å². The molecular weight excluding hydrogens is 174 g/mol. The van der Waals surface area contributed by atoms with Gasteiger partial charge in [-0.15, -0.1) is 0 Å². The van der Waals surface area contributed by atoms with Crippen molar-refractivity contribution in [2.75, 3.05) is 18.8 Å². The second-order valence-corrected chi connectivity index (χ2v) is 3.36. The molecule has 0 aromatic rings. The van der Waals surface area contributed by atoms with Gasteiger partial charge in [-0.1, -0.05) is 0 Å². The third-order valence-corrected chi connectivity index (χ3v) is 2.12. The van der Waals surface area contributed by atoms with Gasteiger partial charge in [0.1, 0.15) is 6.10 Å². The van der Waals surface area contributed by atoms with Crippen LogP contribution in [0.15, 0.2) is 0 Å². The molecule has 0 aromatic carbocycles. The van der Waals surface area contributed by atoms with E-state index in [1.54, 1.807) is 0 Å². The molecule has 0 amide bonds. The van der Waals surface area contributed by atoms with Crippen molar-refractivity contribution in [2.24, 2.45) is 0 Å². The molecule has 1 rings (SSSR count). The number of carbonyl (C=O) groups excluding carboxylic acids is 1. The van der Waals surface area contributed by atoms with Crippen molar-refractivity contribution >= 4 is 18.6 Å². The first-order valence-electron chi connectivity index (χ1n) is 4.34. The predicted molar refractivity (Wildman–Crippen MR) is 50.5 cm³/mol. The van der Waals surface area contributed by atoms with Gasteiger partial charge in [0.25, 0.3) is 0 Å². The van der Waals surface area contributed by atoms with E-state index in [0.717, 1.165) is 25.9 Å². The Morgan fingerprint density at radius 1 is 1.50 bits per heavy atom. The van der Waals surface area contributed by atoms with Gasteiger partial charge in [-0.3, -0.25) is 4.79 Å². The van der Waals surface area contributed by atoms with E-state index in [2.05, 4.69) is 17.9 Å². The number of ether oxygens (including phenoxy) is 1. The van der Waals surface area contributed by atoms with Crippen molar-refractivity contribution in [1.29, 1.82) is 0 Å². The summed E-state index contributed by atoms with van der Waals surface area (Å²) in [5, 5.41) is 3.21. The molecule has 4 heteroatoms. The number of nitrogens with one attached hydrogen (secondary N) is 1. The van der Waals surface area contributed by atoms with Crippen LogP contribution in [0.2, 0.25) is 0 Å². The Labute approximate surface area is 78.3 Å². The summed E-state index contributed by atoms with van der Waals surface area (Å²) in [5.74, 6) is 0.459. The molecule has 0 atom stereocenters. The Kier molecular flexibility index (Phi) is 4.46. The maximum atomic E-state index is 11.0. The molecule has 0 unspecified atom stereocenters. The Hall–Kier alpha value is -0.220. The van der Waals surface area contributed by atoms with E-state index in [1.807, 2.05) is 0 Å². The summed E-state index contributed by atoms with van der Waals surface area (Å²) in [6, 6.07) is 0. The molecule has 0 aliphatic carbocycles. The largest absolute Gasteiger partial charge is 0.462 e. The molecule has 1 N–H and O–H groups in total. The van der Waals surface area contributed by atoms with Gasteiger partial charge in [-0.2, -0.15) is 12.6 Å². The highest BCUT2D eigenvalue weighted by atomic mass is 32.1. The Bertz CT molecular complexity index is 146. The summed E-state index contributed by atoms with van der Waals surface area (Å²) in [5.41, 5.74) is 0. The first-order valence-corrected chi connectivity index (χ1v) is 4.97. The van der Waals surface area contributed by atoms with Crippen molar-refractivity contribution in [3.63, 3.8) is 0 Å². The highest BCUT2D eigenvalue weighted by Gasteiger charge is 2.16. The first kappa shape index (κ1) is 9.86. The molecule has 1 aliphatic rings. The number of piperidine rings is 1. The zero-order chi connectivity index (χ0) is 8.81. The van der Waals surface area contributed by atoms with E-state index in [9.17, 15) is 4.79 Å². The summed E-state index contributed by atoms with van der Waals surface area (Å²) in [6.45, 7) is 1.91. The van der Waals surface area contributed by atoms with Gasteiger partial charge in [0.05, 0.1) is 6.42 Å². The maximum Gasteiger partial charge on any atom is 0.306 e. The summed E-state index contributed by atoms with van der Waals surface area (Å²) in [4.78, 5) is 11.0. The molecule has 1 saturated heterocycles. The zero-order valence-corrected chi connectivity index (χ0v) is 7.98. The number of carbonyl (C=O) groups is 1. The Morgan fingerprint density at radius 2 is 2.17 bits per heavy atom. The van der Waals surface area contributed by atoms with Crippen LogP contribution >= 0.6 is 12.6 Å². The number of hydrogen-bond acceptors (Lipinski definition) is 4. The van der Waals surface area contributed by atoms with Crippen LogP contribution in [0.1, 0.15) is 19.3 Å². The molecule has 1 heterocycles. The third-order valence-electron chi connectivity index (χ3n) is 1.90. The Morgan fingerprint density at radius 3 is 2.75 bits per heavy atom. The number of esters is 1. The van der Waals surface area contributed by atoms with Crippen molar-refractivity contribution in [1.82, 2.24) is 5.32 Å². The van der Waals surface area contributed by atoms with E-state index in [1.165, 1.54) is 0 Å². The van der Waals surface area contributed by atoms with Crippen LogP contribution in [0.25, 0.3) is 0 Å². The van der Waals surface area contributed by atoms with Crippen LogP contribution in [-0.4, -0.2) is 30.9 Å². The maximum absolute atomic E-state index is 11.0. The molecule has 0 bridgehead atoms. The molecule has 12 heavy (non-hydrogen) atoms. The Balaban J connectivity index is 2.15. The molecule has 0 saturated carbocycles. The third kappa shape index (κ3) is 3.45. The quantitative estimate of drug-likeness (QED) is 0.504. The molecule has 1 fully saturated rings. The van der Waals surface area contributed by atoms with E-state index >= 15 is 0 Å². The van der Waals surface area contributed by atoms with Gasteiger partial charge in [0, 0.05) is 5.75 Å². The average molecular weight is 189 g/mol. The van der Waals surface area contributed by atoms with E-state index < -0.39 is 0 Å². The zero-order valence-electron chi connectivity index (χ0n) is 7.08. The van der Waals surface area contributed by atoms with Gasteiger partial charge in [-0.05, 0) is 25.9 Å². The molecule has 3 nitrogen and oxygen atoms in total. The minimum absolute atomic E-state index is 0.114. The lowest BCUT2D eigenvalue weighted by Crippen LogP contribution is -2.33. The lowest BCUT2D eigenvalue weighted by atomic mass is 10.1. The number of thiol groups is 1. The lowest BCUT2D eigenvalue weighted by molar-refractivity contribution is -0.149. The fourth-order valence-corrected chi connectivity index (χ4v) is 1.43. The van der Waals surface area contributed by atoms with Gasteiger partial charge >= 0.3 is 5.97 Å². The van der Waals surface area contributed by atoms with Crippen LogP contribution in [0, 0.1) is 0 Å². The number of hydrogen-bond donors (Lipinski definition) is 2. The van der Waals surface area contributed by atoms with E-state index in [-0.39, 0.29) is 12.1 Å². The second kappa shape index (κ2) is 5.43. The first-order chi connectivity index (χ1) is 5.83. The van der Waals surface area contributed by atoms with Crippen molar-refractivity contribution in [3.05, 3.63) is 0 Å². The lowest BCUT2D eigenvalue weighted by Gasteiger charge is -2.22. The normalized spacial score (nSPS) is 19.1. The predicted octanol–water partition coefficient (Wildman–Crippen LogP) is 0.602. The topological polar surface area (TPSA) is 38.3 Å². The SMILES string of the molecule is O=C(CCS)OC1CCNCC1. The van der Waals surface area contributed by atoms with Crippen molar-refractivity contribution < 1.29 is 9.53 Å². The van der Waals surface area contributed by atoms with Gasteiger partial charge in [0.2, 0.25) is 0 Å². The van der Waals surface area contributed by atoms with Gasteiger partial charge in [-0.25, -0.2) is 0 Å². The minimum atomic E-state index is -0.114. The van der Waals surface area contributed by atoms with E-state index in [4.69, 9.17) is 4.74 Å². The summed E-state index contributed by atoms with van der Waals surface area (Å²) < 4.78 is 5.20. The monoisotopic (exact) mass is 189 g/mol. The molecule has 1 aliphatic heterocycles. The van der Waals surface area contributed by atoms with Crippen molar-refractivity contribution in [3.8, 4) is 0 Å². The van der Waals surface area contributed by atoms with Crippen LogP contribution in [0.3, 0.4) is 0 Å². The fourth-order valence-electron chi connectivity index (χ4n) is 1.25. The molecule has 0 radical (unpaired) electrons.